The summed E-state index contributed by atoms with van der Waals surface area (Å²) in [6.45, 7) is 0. The van der Waals surface area contributed by atoms with Crippen LogP contribution in [0.1, 0.15) is 0 Å². The van der Waals surface area contributed by atoms with E-state index in [0.717, 1.165) is 0 Å². The van der Waals surface area contributed by atoms with Crippen molar-refractivity contribution in [1.82, 2.24) is 10.4 Å². The molecule has 1 rings (SSSR count). The normalized spacial score (nSPS) is 18.3. The molecule has 9 heavy (non-hydrogen) atoms. The van der Waals surface area contributed by atoms with Crippen LogP contribution in [0.25, 0.3) is 0 Å². The first-order chi connectivity index (χ1) is 4.20. The molecule has 1 aliphatic heterocycles. The lowest BCUT2D eigenvalue weighted by Gasteiger charge is -2.18. The smallest absolute Gasteiger partial charge is 0.0785 e. The van der Waals surface area contributed by atoms with E-state index in [9.17, 15) is 0 Å². The van der Waals surface area contributed by atoms with Gasteiger partial charge in [0.1, 0.15) is 0 Å². The molecule has 50 valence electrons. The number of hydrogen-bond acceptors (Lipinski definition) is 2. The van der Waals surface area contributed by atoms with Crippen molar-refractivity contribution in [3.8, 4) is 0 Å². The second kappa shape index (κ2) is 2.50. The molecule has 2 nitrogen and oxygen atoms in total. The zero-order valence-electron chi connectivity index (χ0n) is 4.86. The molecule has 0 aromatic heterocycles. The number of halogens is 2. The molecule has 0 bridgehead atoms. The van der Waals surface area contributed by atoms with Crippen LogP contribution in [0.4, 0.5) is 0 Å². The number of hydrazine groups is 1. The molecular weight excluding hydrogens is 159 g/mol. The van der Waals surface area contributed by atoms with Gasteiger partial charge in [-0.05, 0) is 0 Å². The fourth-order valence-corrected chi connectivity index (χ4v) is 0.795. The monoisotopic (exact) mass is 164 g/mol. The fourth-order valence-electron chi connectivity index (χ4n) is 0.496. The highest BCUT2D eigenvalue weighted by Gasteiger charge is 2.04. The van der Waals surface area contributed by atoms with Crippen molar-refractivity contribution in [3.05, 3.63) is 22.5 Å². The van der Waals surface area contributed by atoms with Gasteiger partial charge in [-0.3, -0.25) is 5.01 Å². The third-order valence-corrected chi connectivity index (χ3v) is 1.64. The molecule has 4 heteroatoms. The van der Waals surface area contributed by atoms with Crippen LogP contribution < -0.4 is 5.43 Å². The van der Waals surface area contributed by atoms with Crippen LogP contribution in [0.15, 0.2) is 22.5 Å². The van der Waals surface area contributed by atoms with E-state index in [2.05, 4.69) is 5.43 Å². The van der Waals surface area contributed by atoms with Gasteiger partial charge in [0.25, 0.3) is 0 Å². The highest BCUT2D eigenvalue weighted by molar-refractivity contribution is 6.43. The van der Waals surface area contributed by atoms with Crippen LogP contribution in [0.2, 0.25) is 0 Å². The zero-order chi connectivity index (χ0) is 6.85. The molecule has 0 unspecified atom stereocenters. The third-order valence-electron chi connectivity index (χ3n) is 0.930. The SMILES string of the molecule is CN1C=C(Cl)C(Cl)=CN1. The fraction of sp³-hybridized carbons (Fsp3) is 0.200. The molecule has 1 heterocycles. The highest BCUT2D eigenvalue weighted by Crippen LogP contribution is 2.20. The highest BCUT2D eigenvalue weighted by atomic mass is 35.5. The Hall–Kier alpha value is -0.340. The van der Waals surface area contributed by atoms with E-state index in [0.29, 0.717) is 10.1 Å². The van der Waals surface area contributed by atoms with Crippen LogP contribution in [-0.4, -0.2) is 12.1 Å². The molecule has 0 aliphatic carbocycles. The summed E-state index contributed by atoms with van der Waals surface area (Å²) in [4.78, 5) is 0. The third kappa shape index (κ3) is 1.53. The largest absolute Gasteiger partial charge is 0.305 e. The number of hydrogen-bond donors (Lipinski definition) is 1. The molecule has 0 radical (unpaired) electrons. The van der Waals surface area contributed by atoms with Gasteiger partial charge in [0.05, 0.1) is 10.1 Å². The number of allylic oxidation sites excluding steroid dienone is 2. The molecule has 0 spiro atoms. The van der Waals surface area contributed by atoms with Crippen molar-refractivity contribution in [2.45, 2.75) is 0 Å². The maximum absolute atomic E-state index is 5.64. The standard InChI is InChI=1S/C5H6Cl2N2/c1-9-3-5(7)4(6)2-8-9/h2-3,8H,1H3. The summed E-state index contributed by atoms with van der Waals surface area (Å²) in [5.74, 6) is 0. The molecule has 0 atom stereocenters. The maximum Gasteiger partial charge on any atom is 0.0785 e. The Kier molecular flexibility index (Phi) is 1.88. The predicted molar refractivity (Wildman–Crippen MR) is 38.8 cm³/mol. The van der Waals surface area contributed by atoms with E-state index in [1.54, 1.807) is 17.4 Å². The van der Waals surface area contributed by atoms with E-state index in [4.69, 9.17) is 23.2 Å². The molecule has 1 aliphatic rings. The molecule has 0 saturated heterocycles. The van der Waals surface area contributed by atoms with Gasteiger partial charge in [-0.15, -0.1) is 0 Å². The second-order valence-electron chi connectivity index (χ2n) is 1.71. The van der Waals surface area contributed by atoms with Gasteiger partial charge in [0.2, 0.25) is 0 Å². The van der Waals surface area contributed by atoms with Crippen LogP contribution in [0, 0.1) is 0 Å². The summed E-state index contributed by atoms with van der Waals surface area (Å²) in [6.07, 6.45) is 3.33. The Morgan fingerprint density at radius 1 is 1.44 bits per heavy atom. The van der Waals surface area contributed by atoms with Crippen LogP contribution >= 0.6 is 23.2 Å². The Bertz CT molecular complexity index is 174. The molecule has 1 N–H and O–H groups in total. The number of nitrogens with one attached hydrogen (secondary N) is 1. The van der Waals surface area contributed by atoms with E-state index < -0.39 is 0 Å². The van der Waals surface area contributed by atoms with E-state index in [1.807, 2.05) is 7.05 Å². The molecule has 0 fully saturated rings. The van der Waals surface area contributed by atoms with Crippen molar-refractivity contribution in [1.29, 1.82) is 0 Å². The molecule has 0 aromatic rings. The lowest BCUT2D eigenvalue weighted by Crippen LogP contribution is -2.27. The predicted octanol–water partition coefficient (Wildman–Crippen LogP) is 1.60. The van der Waals surface area contributed by atoms with Crippen molar-refractivity contribution >= 4 is 23.2 Å². The minimum atomic E-state index is 0.537. The first kappa shape index (κ1) is 6.78. The van der Waals surface area contributed by atoms with Gasteiger partial charge in [-0.1, -0.05) is 23.2 Å². The number of nitrogens with zero attached hydrogens (tertiary/aromatic N) is 1. The Morgan fingerprint density at radius 2 is 2.11 bits per heavy atom. The van der Waals surface area contributed by atoms with E-state index in [1.165, 1.54) is 0 Å². The quantitative estimate of drug-likeness (QED) is 0.586. The lowest BCUT2D eigenvalue weighted by molar-refractivity contribution is 0.380. The summed E-state index contributed by atoms with van der Waals surface area (Å²) in [7, 11) is 1.84. The lowest BCUT2D eigenvalue weighted by atomic mass is 10.5. The van der Waals surface area contributed by atoms with Crippen molar-refractivity contribution < 1.29 is 0 Å². The van der Waals surface area contributed by atoms with E-state index >= 15 is 0 Å². The summed E-state index contributed by atoms with van der Waals surface area (Å²) in [5.41, 5.74) is 2.84. The second-order valence-corrected chi connectivity index (χ2v) is 2.52. The summed E-state index contributed by atoms with van der Waals surface area (Å²) in [5, 5.41) is 2.81. The minimum Gasteiger partial charge on any atom is -0.305 e. The average molecular weight is 165 g/mol. The van der Waals surface area contributed by atoms with Crippen molar-refractivity contribution in [2.24, 2.45) is 0 Å². The molecule has 0 aromatic carbocycles. The van der Waals surface area contributed by atoms with Gasteiger partial charge in [-0.2, -0.15) is 0 Å². The van der Waals surface area contributed by atoms with Gasteiger partial charge >= 0.3 is 0 Å². The first-order valence-electron chi connectivity index (χ1n) is 2.42. The van der Waals surface area contributed by atoms with Gasteiger partial charge in [-0.25, -0.2) is 0 Å². The van der Waals surface area contributed by atoms with Gasteiger partial charge in [0, 0.05) is 19.4 Å². The summed E-state index contributed by atoms with van der Waals surface area (Å²) >= 11 is 11.2. The maximum atomic E-state index is 5.64. The van der Waals surface area contributed by atoms with Crippen LogP contribution in [-0.2, 0) is 0 Å². The van der Waals surface area contributed by atoms with E-state index in [-0.39, 0.29) is 0 Å². The zero-order valence-corrected chi connectivity index (χ0v) is 6.37. The average Bonchev–Trinajstić information content (AvgIpc) is 1.80. The minimum absolute atomic E-state index is 0.537. The first-order valence-corrected chi connectivity index (χ1v) is 3.18. The van der Waals surface area contributed by atoms with Crippen molar-refractivity contribution in [3.63, 3.8) is 0 Å². The molecular formula is C5H6Cl2N2. The Labute approximate surface area is 63.7 Å². The topological polar surface area (TPSA) is 15.3 Å². The van der Waals surface area contributed by atoms with Gasteiger partial charge in [0.15, 0.2) is 0 Å². The summed E-state index contributed by atoms with van der Waals surface area (Å²) in [6, 6.07) is 0. The molecule has 0 amide bonds. The van der Waals surface area contributed by atoms with Crippen molar-refractivity contribution in [2.75, 3.05) is 7.05 Å². The Balaban J connectivity index is 2.75. The Morgan fingerprint density at radius 3 is 2.56 bits per heavy atom. The summed E-state index contributed by atoms with van der Waals surface area (Å²) < 4.78 is 0. The van der Waals surface area contributed by atoms with Gasteiger partial charge < -0.3 is 5.43 Å². The number of rotatable bonds is 0. The van der Waals surface area contributed by atoms with Crippen LogP contribution in [0.3, 0.4) is 0 Å². The molecule has 0 saturated carbocycles. The van der Waals surface area contributed by atoms with Crippen LogP contribution in [0.5, 0.6) is 0 Å².